The monoisotopic (exact) mass is 208 g/mol. The molecule has 1 aromatic rings. The van der Waals surface area contributed by atoms with Gasteiger partial charge in [-0.2, -0.15) is 5.10 Å². The van der Waals surface area contributed by atoms with E-state index in [4.69, 9.17) is 0 Å². The lowest BCUT2D eigenvalue weighted by Crippen LogP contribution is -2.31. The van der Waals surface area contributed by atoms with E-state index in [2.05, 4.69) is 12.0 Å². The second-order valence-corrected chi connectivity index (χ2v) is 4.66. The number of nitrogens with zero attached hydrogens (tertiary/aromatic N) is 2. The van der Waals surface area contributed by atoms with Crippen LogP contribution in [-0.4, -0.2) is 21.0 Å². The van der Waals surface area contributed by atoms with Crippen molar-refractivity contribution in [1.29, 1.82) is 0 Å². The van der Waals surface area contributed by atoms with Crippen molar-refractivity contribution in [3.05, 3.63) is 18.0 Å². The Morgan fingerprint density at radius 1 is 1.53 bits per heavy atom. The van der Waals surface area contributed by atoms with Crippen molar-refractivity contribution >= 4 is 0 Å². The van der Waals surface area contributed by atoms with Crippen LogP contribution in [0.1, 0.15) is 44.3 Å². The maximum atomic E-state index is 9.98. The highest BCUT2D eigenvalue weighted by atomic mass is 16.3. The Balaban J connectivity index is 2.12. The van der Waals surface area contributed by atoms with Gasteiger partial charge >= 0.3 is 0 Å². The first-order valence-electron chi connectivity index (χ1n) is 5.90. The molecule has 1 heterocycles. The van der Waals surface area contributed by atoms with E-state index < -0.39 is 0 Å². The zero-order chi connectivity index (χ0) is 10.8. The average molecular weight is 208 g/mol. The zero-order valence-corrected chi connectivity index (χ0v) is 9.56. The molecule has 84 valence electrons. The second-order valence-electron chi connectivity index (χ2n) is 4.66. The number of aromatic nitrogens is 2. The predicted molar refractivity (Wildman–Crippen MR) is 59.6 cm³/mol. The average Bonchev–Trinajstić information content (AvgIpc) is 2.65. The molecular formula is C12H20N2O. The fraction of sp³-hybridized carbons (Fsp3) is 0.750. The summed E-state index contributed by atoms with van der Waals surface area (Å²) in [6, 6.07) is 2.19. The quantitative estimate of drug-likeness (QED) is 0.810. The summed E-state index contributed by atoms with van der Waals surface area (Å²) in [6.07, 6.45) is 6.13. The van der Waals surface area contributed by atoms with Gasteiger partial charge in [-0.3, -0.25) is 4.68 Å². The van der Waals surface area contributed by atoms with Gasteiger partial charge in [0.1, 0.15) is 0 Å². The molecule has 1 aliphatic rings. The fourth-order valence-electron chi connectivity index (χ4n) is 2.49. The van der Waals surface area contributed by atoms with Gasteiger partial charge in [-0.1, -0.05) is 13.3 Å². The van der Waals surface area contributed by atoms with Crippen LogP contribution in [0.5, 0.6) is 0 Å². The van der Waals surface area contributed by atoms with Crippen LogP contribution in [0.15, 0.2) is 12.3 Å². The lowest BCUT2D eigenvalue weighted by molar-refractivity contribution is 0.0475. The Morgan fingerprint density at radius 3 is 2.93 bits per heavy atom. The van der Waals surface area contributed by atoms with Crippen molar-refractivity contribution < 1.29 is 5.11 Å². The minimum Gasteiger partial charge on any atom is -0.391 e. The van der Waals surface area contributed by atoms with Gasteiger partial charge in [0.2, 0.25) is 0 Å². The van der Waals surface area contributed by atoms with Gasteiger partial charge in [0.05, 0.1) is 17.8 Å². The molecular weight excluding hydrogens is 188 g/mol. The van der Waals surface area contributed by atoms with Crippen LogP contribution in [-0.2, 0) is 0 Å². The van der Waals surface area contributed by atoms with Gasteiger partial charge < -0.3 is 5.11 Å². The first kappa shape index (κ1) is 10.7. The summed E-state index contributed by atoms with van der Waals surface area (Å²) >= 11 is 0. The molecule has 0 saturated heterocycles. The smallest absolute Gasteiger partial charge is 0.0780 e. The molecule has 0 radical (unpaired) electrons. The Kier molecular flexibility index (Phi) is 3.10. The molecule has 3 unspecified atom stereocenters. The van der Waals surface area contributed by atoms with Crippen molar-refractivity contribution in [2.45, 2.75) is 51.7 Å². The molecule has 0 bridgehead atoms. The normalized spacial score (nSPS) is 31.8. The van der Waals surface area contributed by atoms with Crippen LogP contribution < -0.4 is 0 Å². The lowest BCUT2D eigenvalue weighted by Gasteiger charge is -2.33. The maximum Gasteiger partial charge on any atom is 0.0780 e. The summed E-state index contributed by atoms with van der Waals surface area (Å²) in [5.41, 5.74) is 1.03. The summed E-state index contributed by atoms with van der Waals surface area (Å²) in [6.45, 7) is 4.22. The molecule has 1 aliphatic carbocycles. The van der Waals surface area contributed by atoms with Gasteiger partial charge in [-0.25, -0.2) is 0 Å². The van der Waals surface area contributed by atoms with E-state index in [9.17, 15) is 5.11 Å². The standard InChI is InChI=1S/C12H20N2O/c1-3-10-4-5-12(15)11(8-10)14-7-6-9(2)13-14/h6-7,10-12,15H,3-5,8H2,1-2H3. The summed E-state index contributed by atoms with van der Waals surface area (Å²) < 4.78 is 1.95. The van der Waals surface area contributed by atoms with Crippen LogP contribution >= 0.6 is 0 Å². The van der Waals surface area contributed by atoms with E-state index in [1.165, 1.54) is 6.42 Å². The minimum absolute atomic E-state index is 0.192. The van der Waals surface area contributed by atoms with Crippen LogP contribution in [0, 0.1) is 12.8 Å². The van der Waals surface area contributed by atoms with Crippen molar-refractivity contribution in [3.63, 3.8) is 0 Å². The number of hydrogen-bond acceptors (Lipinski definition) is 2. The second kappa shape index (κ2) is 4.35. The topological polar surface area (TPSA) is 38.0 Å². The van der Waals surface area contributed by atoms with E-state index >= 15 is 0 Å². The molecule has 0 aromatic carbocycles. The molecule has 0 aliphatic heterocycles. The molecule has 0 amide bonds. The highest BCUT2D eigenvalue weighted by molar-refractivity contribution is 4.97. The highest BCUT2D eigenvalue weighted by Crippen LogP contribution is 2.34. The maximum absolute atomic E-state index is 9.98. The predicted octanol–water partition coefficient (Wildman–Crippen LogP) is 2.30. The molecule has 1 fully saturated rings. The molecule has 3 nitrogen and oxygen atoms in total. The molecule has 2 rings (SSSR count). The Labute approximate surface area is 91.1 Å². The van der Waals surface area contributed by atoms with Gasteiger partial charge in [-0.15, -0.1) is 0 Å². The molecule has 1 N–H and O–H groups in total. The fourth-order valence-corrected chi connectivity index (χ4v) is 2.49. The molecule has 15 heavy (non-hydrogen) atoms. The van der Waals surface area contributed by atoms with Crippen molar-refractivity contribution in [2.75, 3.05) is 0 Å². The summed E-state index contributed by atoms with van der Waals surface area (Å²) in [4.78, 5) is 0. The third-order valence-corrected chi connectivity index (χ3v) is 3.55. The van der Waals surface area contributed by atoms with Crippen molar-refractivity contribution in [1.82, 2.24) is 9.78 Å². The number of aryl methyl sites for hydroxylation is 1. The Bertz CT molecular complexity index is 321. The third-order valence-electron chi connectivity index (χ3n) is 3.55. The van der Waals surface area contributed by atoms with E-state index in [0.29, 0.717) is 0 Å². The van der Waals surface area contributed by atoms with Gasteiger partial charge in [0.25, 0.3) is 0 Å². The van der Waals surface area contributed by atoms with Gasteiger partial charge in [0.15, 0.2) is 0 Å². The number of aliphatic hydroxyl groups excluding tert-OH is 1. The van der Waals surface area contributed by atoms with Gasteiger partial charge in [0, 0.05) is 6.20 Å². The largest absolute Gasteiger partial charge is 0.391 e. The molecule has 3 atom stereocenters. The number of aliphatic hydroxyl groups is 1. The van der Waals surface area contributed by atoms with Crippen molar-refractivity contribution in [3.8, 4) is 0 Å². The Hall–Kier alpha value is -0.830. The molecule has 3 heteroatoms. The van der Waals surface area contributed by atoms with Crippen LogP contribution in [0.2, 0.25) is 0 Å². The number of rotatable bonds is 2. The van der Waals surface area contributed by atoms with E-state index in [1.54, 1.807) is 0 Å². The highest BCUT2D eigenvalue weighted by Gasteiger charge is 2.29. The first-order chi connectivity index (χ1) is 7.20. The molecule has 0 spiro atoms. The van der Waals surface area contributed by atoms with E-state index in [-0.39, 0.29) is 12.1 Å². The molecule has 1 saturated carbocycles. The minimum atomic E-state index is -0.216. The Morgan fingerprint density at radius 2 is 2.33 bits per heavy atom. The first-order valence-corrected chi connectivity index (χ1v) is 5.90. The van der Waals surface area contributed by atoms with Crippen LogP contribution in [0.4, 0.5) is 0 Å². The number of hydrogen-bond donors (Lipinski definition) is 1. The third kappa shape index (κ3) is 2.23. The summed E-state index contributed by atoms with van der Waals surface area (Å²) in [5.74, 6) is 0.753. The van der Waals surface area contributed by atoms with Gasteiger partial charge in [-0.05, 0) is 38.2 Å². The van der Waals surface area contributed by atoms with E-state index in [1.807, 2.05) is 23.9 Å². The summed E-state index contributed by atoms with van der Waals surface area (Å²) in [7, 11) is 0. The lowest BCUT2D eigenvalue weighted by atomic mass is 9.82. The zero-order valence-electron chi connectivity index (χ0n) is 9.56. The van der Waals surface area contributed by atoms with E-state index in [0.717, 1.165) is 30.9 Å². The summed E-state index contributed by atoms with van der Waals surface area (Å²) in [5, 5.41) is 14.4. The molecule has 1 aromatic heterocycles. The van der Waals surface area contributed by atoms with Crippen molar-refractivity contribution in [2.24, 2.45) is 5.92 Å². The SMILES string of the molecule is CCC1CCC(O)C(n2ccc(C)n2)C1. The van der Waals surface area contributed by atoms with Crippen LogP contribution in [0.25, 0.3) is 0 Å². The van der Waals surface area contributed by atoms with Crippen LogP contribution in [0.3, 0.4) is 0 Å².